The maximum absolute atomic E-state index is 11.5. The molecule has 0 N–H and O–H groups in total. The molecule has 1 aliphatic carbocycles. The molecule has 0 saturated heterocycles. The Bertz CT molecular complexity index is 421. The Morgan fingerprint density at radius 2 is 2.10 bits per heavy atom. The minimum atomic E-state index is -0.133. The van der Waals surface area contributed by atoms with E-state index in [4.69, 9.17) is 4.74 Å². The van der Waals surface area contributed by atoms with Gasteiger partial charge in [0.1, 0.15) is 6.61 Å². The quantitative estimate of drug-likeness (QED) is 0.483. The normalized spacial score (nSPS) is 28.7. The highest BCUT2D eigenvalue weighted by Crippen LogP contribution is 2.48. The topological polar surface area (TPSA) is 26.3 Å². The summed E-state index contributed by atoms with van der Waals surface area (Å²) in [5, 5.41) is 0. The van der Waals surface area contributed by atoms with E-state index in [0.717, 1.165) is 31.3 Å². The number of carbonyl (C=O) groups excluding carboxylic acids is 1. The number of hydrogen-bond donors (Lipinski definition) is 0. The molecule has 1 rings (SSSR count). The molecule has 0 unspecified atom stereocenters. The summed E-state index contributed by atoms with van der Waals surface area (Å²) in [5.41, 5.74) is 2.29. The Balaban J connectivity index is 2.73. The second-order valence-electron chi connectivity index (χ2n) is 6.65. The molecule has 0 amide bonds. The van der Waals surface area contributed by atoms with Crippen molar-refractivity contribution >= 4 is 5.97 Å². The third-order valence-corrected chi connectivity index (χ3v) is 4.88. The summed E-state index contributed by atoms with van der Waals surface area (Å²) in [6.45, 7) is 18.9. The number of esters is 1. The predicted octanol–water partition coefficient (Wildman–Crippen LogP) is 5.07. The van der Waals surface area contributed by atoms with Crippen molar-refractivity contribution in [2.45, 2.75) is 52.9 Å². The third kappa shape index (κ3) is 4.59. The van der Waals surface area contributed by atoms with Crippen LogP contribution < -0.4 is 0 Å². The number of hydrogen-bond acceptors (Lipinski definition) is 2. The number of ether oxygens (including phenoxy) is 1. The van der Waals surface area contributed by atoms with Gasteiger partial charge in [-0.3, -0.25) is 4.79 Å². The highest BCUT2D eigenvalue weighted by atomic mass is 16.5. The summed E-state index contributed by atoms with van der Waals surface area (Å²) in [5.74, 6) is 0.706. The van der Waals surface area contributed by atoms with Crippen molar-refractivity contribution < 1.29 is 9.53 Å². The lowest BCUT2D eigenvalue weighted by molar-refractivity contribution is -0.143. The summed E-state index contributed by atoms with van der Waals surface area (Å²) < 4.78 is 5.34. The van der Waals surface area contributed by atoms with E-state index in [2.05, 4.69) is 33.6 Å². The van der Waals surface area contributed by atoms with Crippen molar-refractivity contribution in [1.29, 1.82) is 0 Å². The van der Waals surface area contributed by atoms with E-state index >= 15 is 0 Å². The zero-order chi connectivity index (χ0) is 16.0. The van der Waals surface area contributed by atoms with Gasteiger partial charge in [-0.15, -0.1) is 6.58 Å². The molecule has 2 nitrogen and oxygen atoms in total. The largest absolute Gasteiger partial charge is 0.461 e. The minimum absolute atomic E-state index is 0.0419. The fourth-order valence-electron chi connectivity index (χ4n) is 3.21. The molecular weight excluding hydrogens is 260 g/mol. The van der Waals surface area contributed by atoms with Crippen LogP contribution >= 0.6 is 0 Å². The van der Waals surface area contributed by atoms with Gasteiger partial charge in [0.05, 0.1) is 0 Å². The van der Waals surface area contributed by atoms with Gasteiger partial charge >= 0.3 is 5.97 Å². The molecule has 2 heteroatoms. The van der Waals surface area contributed by atoms with Gasteiger partial charge in [0.25, 0.3) is 0 Å². The maximum Gasteiger partial charge on any atom is 0.306 e. The van der Waals surface area contributed by atoms with Crippen LogP contribution in [0.4, 0.5) is 0 Å². The van der Waals surface area contributed by atoms with E-state index in [9.17, 15) is 4.79 Å². The van der Waals surface area contributed by atoms with Crippen molar-refractivity contribution in [2.24, 2.45) is 17.3 Å². The van der Waals surface area contributed by atoms with Crippen LogP contribution in [0.1, 0.15) is 52.9 Å². The molecule has 21 heavy (non-hydrogen) atoms. The smallest absolute Gasteiger partial charge is 0.306 e. The summed E-state index contributed by atoms with van der Waals surface area (Å²) in [6.07, 6.45) is 6.60. The number of rotatable bonds is 7. The Morgan fingerprint density at radius 3 is 2.62 bits per heavy atom. The number of allylic oxidation sites excluding steroid dienone is 2. The molecule has 0 aromatic heterocycles. The second-order valence-corrected chi connectivity index (χ2v) is 6.65. The molecule has 1 aliphatic rings. The highest BCUT2D eigenvalue weighted by molar-refractivity contribution is 5.69. The molecule has 1 saturated carbocycles. The lowest BCUT2D eigenvalue weighted by atomic mass is 9.61. The molecule has 0 radical (unpaired) electrons. The van der Waals surface area contributed by atoms with Crippen molar-refractivity contribution in [3.63, 3.8) is 0 Å². The van der Waals surface area contributed by atoms with Gasteiger partial charge in [-0.2, -0.15) is 0 Å². The van der Waals surface area contributed by atoms with E-state index in [-0.39, 0.29) is 11.4 Å². The van der Waals surface area contributed by atoms with Crippen LogP contribution in [0.15, 0.2) is 37.0 Å². The van der Waals surface area contributed by atoms with Crippen molar-refractivity contribution in [2.75, 3.05) is 6.61 Å². The van der Waals surface area contributed by atoms with Crippen LogP contribution in [0.3, 0.4) is 0 Å². The Morgan fingerprint density at radius 1 is 1.43 bits per heavy atom. The molecule has 0 bridgehead atoms. The van der Waals surface area contributed by atoms with Crippen LogP contribution in [-0.4, -0.2) is 12.6 Å². The van der Waals surface area contributed by atoms with Gasteiger partial charge in [-0.1, -0.05) is 38.7 Å². The third-order valence-electron chi connectivity index (χ3n) is 4.88. The Kier molecular flexibility index (Phi) is 6.44. The van der Waals surface area contributed by atoms with E-state index in [1.807, 2.05) is 13.0 Å². The zero-order valence-electron chi connectivity index (χ0n) is 13.9. The standard InChI is InChI=1S/C19H30O2/c1-7-9-18(20)21-13-15(5)17-12-16(14(3)4)10-11-19(17,6)8-2/h8,16-17H,2-3,5,7,9-13H2,1,4,6H3/t16-,17+,19-/m1/s1. The van der Waals surface area contributed by atoms with Crippen molar-refractivity contribution in [3.05, 3.63) is 37.0 Å². The molecule has 0 aromatic rings. The first-order valence-electron chi connectivity index (χ1n) is 7.96. The van der Waals surface area contributed by atoms with E-state index in [1.54, 1.807) is 0 Å². The highest BCUT2D eigenvalue weighted by Gasteiger charge is 2.39. The Hall–Kier alpha value is -1.31. The van der Waals surface area contributed by atoms with Gasteiger partial charge in [0, 0.05) is 6.42 Å². The zero-order valence-corrected chi connectivity index (χ0v) is 13.9. The summed E-state index contributed by atoms with van der Waals surface area (Å²) in [7, 11) is 0. The SMILES string of the molecule is C=C[C@]1(C)CC[C@@H](C(=C)C)C[C@H]1C(=C)COC(=O)CCC. The first kappa shape index (κ1) is 17.7. The van der Waals surface area contributed by atoms with E-state index in [0.29, 0.717) is 24.9 Å². The van der Waals surface area contributed by atoms with Crippen LogP contribution in [0.2, 0.25) is 0 Å². The van der Waals surface area contributed by atoms with Crippen molar-refractivity contribution in [1.82, 2.24) is 0 Å². The van der Waals surface area contributed by atoms with Crippen LogP contribution in [0, 0.1) is 17.3 Å². The van der Waals surface area contributed by atoms with Gasteiger partial charge in [-0.25, -0.2) is 0 Å². The second kappa shape index (κ2) is 7.63. The van der Waals surface area contributed by atoms with Crippen LogP contribution in [0.25, 0.3) is 0 Å². The van der Waals surface area contributed by atoms with Crippen molar-refractivity contribution in [3.8, 4) is 0 Å². The summed E-state index contributed by atoms with van der Waals surface area (Å²) in [6, 6.07) is 0. The molecular formula is C19H30O2. The lowest BCUT2D eigenvalue weighted by Crippen LogP contribution is -2.35. The molecule has 3 atom stereocenters. The molecule has 0 spiro atoms. The predicted molar refractivity (Wildman–Crippen MR) is 89.0 cm³/mol. The maximum atomic E-state index is 11.5. The molecule has 1 fully saturated rings. The molecule has 0 heterocycles. The molecule has 0 aliphatic heterocycles. The fraction of sp³-hybridized carbons (Fsp3) is 0.632. The van der Waals surface area contributed by atoms with Gasteiger partial charge in [0.2, 0.25) is 0 Å². The Labute approximate surface area is 130 Å². The molecule has 118 valence electrons. The average molecular weight is 290 g/mol. The lowest BCUT2D eigenvalue weighted by Gasteiger charge is -2.44. The van der Waals surface area contributed by atoms with Gasteiger partial charge in [0.15, 0.2) is 0 Å². The first-order valence-corrected chi connectivity index (χ1v) is 7.96. The van der Waals surface area contributed by atoms with E-state index < -0.39 is 0 Å². The van der Waals surface area contributed by atoms with Crippen LogP contribution in [0.5, 0.6) is 0 Å². The first-order chi connectivity index (χ1) is 9.84. The fourth-order valence-corrected chi connectivity index (χ4v) is 3.21. The van der Waals surface area contributed by atoms with Gasteiger partial charge in [-0.05, 0) is 55.4 Å². The average Bonchev–Trinajstić information content (AvgIpc) is 2.45. The molecule has 0 aromatic carbocycles. The van der Waals surface area contributed by atoms with Crippen LogP contribution in [-0.2, 0) is 9.53 Å². The minimum Gasteiger partial charge on any atom is -0.461 e. The number of carbonyl (C=O) groups is 1. The van der Waals surface area contributed by atoms with E-state index in [1.165, 1.54) is 5.57 Å². The summed E-state index contributed by atoms with van der Waals surface area (Å²) >= 11 is 0. The monoisotopic (exact) mass is 290 g/mol. The summed E-state index contributed by atoms with van der Waals surface area (Å²) in [4.78, 5) is 11.5. The van der Waals surface area contributed by atoms with Gasteiger partial charge < -0.3 is 4.74 Å².